The van der Waals surface area contributed by atoms with Crippen molar-refractivity contribution in [1.82, 2.24) is 5.32 Å². The zero-order valence-electron chi connectivity index (χ0n) is 11.5. The van der Waals surface area contributed by atoms with Gasteiger partial charge in [-0.1, -0.05) is 29.8 Å². The van der Waals surface area contributed by atoms with Crippen LogP contribution in [0.15, 0.2) is 24.3 Å². The summed E-state index contributed by atoms with van der Waals surface area (Å²) in [5, 5.41) is 4.46. The number of ether oxygens (including phenoxy) is 1. The van der Waals surface area contributed by atoms with Crippen LogP contribution in [0.25, 0.3) is 0 Å². The van der Waals surface area contributed by atoms with E-state index in [2.05, 4.69) is 24.4 Å². The summed E-state index contributed by atoms with van der Waals surface area (Å²) in [6.45, 7) is 5.25. The highest BCUT2D eigenvalue weighted by atomic mass is 35.5. The zero-order valence-corrected chi connectivity index (χ0v) is 12.2. The normalized spacial score (nSPS) is 35.5. The molecule has 1 aromatic carbocycles. The molecule has 3 atom stereocenters. The molecule has 0 amide bonds. The number of benzene rings is 1. The van der Waals surface area contributed by atoms with E-state index in [1.807, 2.05) is 12.1 Å². The van der Waals surface area contributed by atoms with E-state index in [0.717, 1.165) is 37.6 Å². The monoisotopic (exact) mass is 279 g/mol. The standard InChI is InChI=1S/C16H22ClNO/c1-12-10-16(7-9-19-12)6-8-18-11-14(16)13-4-2-3-5-15(13)17/h2-5,12,14,18H,6-11H2,1H3. The van der Waals surface area contributed by atoms with Gasteiger partial charge in [-0.25, -0.2) is 0 Å². The maximum atomic E-state index is 6.44. The minimum Gasteiger partial charge on any atom is -0.378 e. The van der Waals surface area contributed by atoms with Crippen LogP contribution in [-0.2, 0) is 4.74 Å². The molecule has 3 unspecified atom stereocenters. The fourth-order valence-electron chi connectivity index (χ4n) is 3.91. The van der Waals surface area contributed by atoms with E-state index in [1.165, 1.54) is 12.0 Å². The van der Waals surface area contributed by atoms with Crippen LogP contribution >= 0.6 is 11.6 Å². The summed E-state index contributed by atoms with van der Waals surface area (Å²) < 4.78 is 5.77. The molecule has 0 aliphatic carbocycles. The molecular weight excluding hydrogens is 258 g/mol. The highest BCUT2D eigenvalue weighted by Crippen LogP contribution is 2.50. The fraction of sp³-hybridized carbons (Fsp3) is 0.625. The summed E-state index contributed by atoms with van der Waals surface area (Å²) >= 11 is 6.44. The molecule has 104 valence electrons. The number of rotatable bonds is 1. The van der Waals surface area contributed by atoms with E-state index >= 15 is 0 Å². The first kappa shape index (κ1) is 13.4. The Balaban J connectivity index is 1.95. The molecule has 19 heavy (non-hydrogen) atoms. The first-order chi connectivity index (χ1) is 9.21. The topological polar surface area (TPSA) is 21.3 Å². The second-order valence-electron chi connectivity index (χ2n) is 6.03. The summed E-state index contributed by atoms with van der Waals surface area (Å²) in [5.74, 6) is 0.515. The van der Waals surface area contributed by atoms with Crippen LogP contribution < -0.4 is 5.32 Å². The van der Waals surface area contributed by atoms with E-state index in [9.17, 15) is 0 Å². The van der Waals surface area contributed by atoms with Crippen LogP contribution in [0.3, 0.4) is 0 Å². The maximum Gasteiger partial charge on any atom is 0.0552 e. The van der Waals surface area contributed by atoms with Gasteiger partial charge in [-0.2, -0.15) is 0 Å². The van der Waals surface area contributed by atoms with E-state index in [1.54, 1.807) is 0 Å². The first-order valence-corrected chi connectivity index (χ1v) is 7.66. The maximum absolute atomic E-state index is 6.44. The molecule has 2 fully saturated rings. The molecule has 0 radical (unpaired) electrons. The van der Waals surface area contributed by atoms with E-state index in [0.29, 0.717) is 17.4 Å². The van der Waals surface area contributed by atoms with Gasteiger partial charge in [-0.15, -0.1) is 0 Å². The van der Waals surface area contributed by atoms with Crippen molar-refractivity contribution in [3.63, 3.8) is 0 Å². The lowest BCUT2D eigenvalue weighted by atomic mass is 9.62. The van der Waals surface area contributed by atoms with Gasteiger partial charge in [-0.3, -0.25) is 0 Å². The van der Waals surface area contributed by atoms with Gasteiger partial charge >= 0.3 is 0 Å². The average molecular weight is 280 g/mol. The van der Waals surface area contributed by atoms with Crippen molar-refractivity contribution in [3.05, 3.63) is 34.9 Å². The van der Waals surface area contributed by atoms with Crippen LogP contribution in [0.1, 0.15) is 37.7 Å². The summed E-state index contributed by atoms with van der Waals surface area (Å²) in [7, 11) is 0. The number of nitrogens with one attached hydrogen (secondary N) is 1. The Morgan fingerprint density at radius 2 is 2.16 bits per heavy atom. The minimum absolute atomic E-state index is 0.369. The molecule has 1 aromatic rings. The number of halogens is 1. The molecule has 0 aromatic heterocycles. The van der Waals surface area contributed by atoms with Crippen molar-refractivity contribution >= 4 is 11.6 Å². The summed E-state index contributed by atoms with van der Waals surface area (Å²) in [6, 6.07) is 8.33. The number of hydrogen-bond acceptors (Lipinski definition) is 2. The van der Waals surface area contributed by atoms with Crippen molar-refractivity contribution < 1.29 is 4.74 Å². The largest absolute Gasteiger partial charge is 0.378 e. The lowest BCUT2D eigenvalue weighted by Crippen LogP contribution is -2.48. The van der Waals surface area contributed by atoms with Crippen LogP contribution in [0.5, 0.6) is 0 Å². The predicted octanol–water partition coefficient (Wildman–Crippen LogP) is 3.60. The predicted molar refractivity (Wildman–Crippen MR) is 78.8 cm³/mol. The molecule has 2 heterocycles. The molecular formula is C16H22ClNO. The highest BCUT2D eigenvalue weighted by molar-refractivity contribution is 6.31. The highest BCUT2D eigenvalue weighted by Gasteiger charge is 2.44. The molecule has 2 aliphatic rings. The van der Waals surface area contributed by atoms with Gasteiger partial charge in [0.15, 0.2) is 0 Å². The lowest BCUT2D eigenvalue weighted by Gasteiger charge is -2.49. The molecule has 3 rings (SSSR count). The van der Waals surface area contributed by atoms with E-state index in [4.69, 9.17) is 16.3 Å². The Kier molecular flexibility index (Phi) is 3.84. The molecule has 2 nitrogen and oxygen atoms in total. The zero-order chi connectivity index (χ0) is 13.3. The molecule has 1 N–H and O–H groups in total. The Morgan fingerprint density at radius 3 is 2.95 bits per heavy atom. The lowest BCUT2D eigenvalue weighted by molar-refractivity contribution is -0.0596. The Labute approximate surface area is 120 Å². The van der Waals surface area contributed by atoms with Gasteiger partial charge in [0, 0.05) is 24.1 Å². The van der Waals surface area contributed by atoms with Crippen LogP contribution in [-0.4, -0.2) is 25.8 Å². The van der Waals surface area contributed by atoms with Crippen molar-refractivity contribution in [2.24, 2.45) is 5.41 Å². The first-order valence-electron chi connectivity index (χ1n) is 7.28. The SMILES string of the molecule is CC1CC2(CCNCC2c2ccccc2Cl)CCO1. The summed E-state index contributed by atoms with van der Waals surface area (Å²) in [5.41, 5.74) is 1.68. The third-order valence-corrected chi connectivity index (χ3v) is 5.21. The Morgan fingerprint density at radius 1 is 1.32 bits per heavy atom. The third-order valence-electron chi connectivity index (χ3n) is 4.86. The molecule has 2 saturated heterocycles. The van der Waals surface area contributed by atoms with Gasteiger partial charge in [-0.05, 0) is 49.8 Å². The average Bonchev–Trinajstić information content (AvgIpc) is 2.40. The Hall–Kier alpha value is -0.570. The van der Waals surface area contributed by atoms with Crippen molar-refractivity contribution in [2.75, 3.05) is 19.7 Å². The van der Waals surface area contributed by atoms with Gasteiger partial charge in [0.25, 0.3) is 0 Å². The molecule has 0 saturated carbocycles. The second-order valence-corrected chi connectivity index (χ2v) is 6.43. The summed E-state index contributed by atoms with van der Waals surface area (Å²) in [6.07, 6.45) is 3.92. The molecule has 1 spiro atoms. The van der Waals surface area contributed by atoms with Crippen LogP contribution in [0, 0.1) is 5.41 Å². The third kappa shape index (κ3) is 2.54. The summed E-state index contributed by atoms with van der Waals surface area (Å²) in [4.78, 5) is 0. The number of hydrogen-bond donors (Lipinski definition) is 1. The minimum atomic E-state index is 0.369. The van der Waals surface area contributed by atoms with Gasteiger partial charge in [0.05, 0.1) is 6.10 Å². The second kappa shape index (κ2) is 5.43. The fourth-order valence-corrected chi connectivity index (χ4v) is 4.18. The van der Waals surface area contributed by atoms with Crippen molar-refractivity contribution in [2.45, 2.75) is 38.2 Å². The van der Waals surface area contributed by atoms with Crippen LogP contribution in [0.2, 0.25) is 5.02 Å². The van der Waals surface area contributed by atoms with Gasteiger partial charge < -0.3 is 10.1 Å². The molecule has 2 aliphatic heterocycles. The Bertz CT molecular complexity index is 446. The van der Waals surface area contributed by atoms with Crippen LogP contribution in [0.4, 0.5) is 0 Å². The molecule has 3 heteroatoms. The molecule has 0 bridgehead atoms. The van der Waals surface area contributed by atoms with Crippen molar-refractivity contribution in [1.29, 1.82) is 0 Å². The van der Waals surface area contributed by atoms with E-state index in [-0.39, 0.29) is 0 Å². The van der Waals surface area contributed by atoms with Gasteiger partial charge in [0.1, 0.15) is 0 Å². The smallest absolute Gasteiger partial charge is 0.0552 e. The quantitative estimate of drug-likeness (QED) is 0.848. The number of piperidine rings is 1. The van der Waals surface area contributed by atoms with E-state index < -0.39 is 0 Å². The van der Waals surface area contributed by atoms with Crippen molar-refractivity contribution in [3.8, 4) is 0 Å². The van der Waals surface area contributed by atoms with Gasteiger partial charge in [0.2, 0.25) is 0 Å².